The van der Waals surface area contributed by atoms with Crippen molar-refractivity contribution >= 4 is 5.97 Å². The summed E-state index contributed by atoms with van der Waals surface area (Å²) in [6, 6.07) is 0. The van der Waals surface area contributed by atoms with Crippen molar-refractivity contribution in [1.29, 1.82) is 0 Å². The number of ether oxygens (including phenoxy) is 1. The zero-order valence-electron chi connectivity index (χ0n) is 8.75. The molecule has 0 spiro atoms. The first-order chi connectivity index (χ1) is 6.13. The van der Waals surface area contributed by atoms with Gasteiger partial charge < -0.3 is 9.84 Å². The van der Waals surface area contributed by atoms with Crippen LogP contribution in [0.4, 0.5) is 0 Å². The summed E-state index contributed by atoms with van der Waals surface area (Å²) in [6.07, 6.45) is 3.33. The van der Waals surface area contributed by atoms with Crippen LogP contribution < -0.4 is 0 Å². The smallest absolute Gasteiger partial charge is 0.311 e. The molecule has 0 aromatic carbocycles. The van der Waals surface area contributed by atoms with E-state index in [1.165, 1.54) is 7.11 Å². The van der Waals surface area contributed by atoms with Crippen LogP contribution in [0.25, 0.3) is 0 Å². The molecule has 0 saturated carbocycles. The third-order valence-corrected chi connectivity index (χ3v) is 2.25. The Kier molecular flexibility index (Phi) is 6.59. The number of rotatable bonds is 6. The number of aliphatic hydroxyl groups excluding tert-OH is 1. The molecule has 0 rings (SSSR count). The van der Waals surface area contributed by atoms with Crippen LogP contribution in [0, 0.1) is 5.92 Å². The first-order valence-electron chi connectivity index (χ1n) is 4.89. The van der Waals surface area contributed by atoms with E-state index in [2.05, 4.69) is 11.7 Å². The Labute approximate surface area is 80.1 Å². The van der Waals surface area contributed by atoms with Crippen molar-refractivity contribution in [3.63, 3.8) is 0 Å². The molecule has 0 amide bonds. The highest BCUT2D eigenvalue weighted by Crippen LogP contribution is 2.12. The fourth-order valence-electron chi connectivity index (χ4n) is 1.20. The van der Waals surface area contributed by atoms with Gasteiger partial charge in [0.15, 0.2) is 0 Å². The normalized spacial score (nSPS) is 15.1. The Morgan fingerprint density at radius 2 is 2.08 bits per heavy atom. The van der Waals surface area contributed by atoms with Crippen molar-refractivity contribution in [2.45, 2.75) is 45.6 Å². The van der Waals surface area contributed by atoms with E-state index in [1.54, 1.807) is 6.92 Å². The largest absolute Gasteiger partial charge is 0.469 e. The fourth-order valence-corrected chi connectivity index (χ4v) is 1.20. The molecular formula is C10H20O3. The molecule has 13 heavy (non-hydrogen) atoms. The van der Waals surface area contributed by atoms with Crippen molar-refractivity contribution < 1.29 is 14.6 Å². The lowest BCUT2D eigenvalue weighted by Gasteiger charge is -2.15. The van der Waals surface area contributed by atoms with Crippen molar-refractivity contribution in [3.8, 4) is 0 Å². The lowest BCUT2D eigenvalue weighted by atomic mass is 9.99. The zero-order valence-corrected chi connectivity index (χ0v) is 8.75. The molecule has 0 radical (unpaired) electrons. The van der Waals surface area contributed by atoms with Gasteiger partial charge in [0.1, 0.15) is 0 Å². The predicted octanol–water partition coefficient (Wildman–Crippen LogP) is 1.74. The molecule has 0 aliphatic heterocycles. The van der Waals surface area contributed by atoms with E-state index in [0.29, 0.717) is 6.42 Å². The van der Waals surface area contributed by atoms with Crippen LogP contribution in [0.5, 0.6) is 0 Å². The molecule has 0 aromatic heterocycles. The van der Waals surface area contributed by atoms with E-state index < -0.39 is 12.0 Å². The molecule has 0 bridgehead atoms. The summed E-state index contributed by atoms with van der Waals surface area (Å²) in [6.45, 7) is 3.80. The number of methoxy groups -OCH3 is 1. The summed E-state index contributed by atoms with van der Waals surface area (Å²) in [5, 5.41) is 9.55. The number of carbonyl (C=O) groups is 1. The van der Waals surface area contributed by atoms with E-state index in [-0.39, 0.29) is 5.97 Å². The summed E-state index contributed by atoms with van der Waals surface area (Å²) in [5.74, 6) is -0.731. The van der Waals surface area contributed by atoms with Crippen molar-refractivity contribution in [1.82, 2.24) is 0 Å². The van der Waals surface area contributed by atoms with E-state index in [4.69, 9.17) is 0 Å². The Balaban J connectivity index is 3.68. The number of unbranched alkanes of at least 4 members (excludes halogenated alkanes) is 2. The highest BCUT2D eigenvalue weighted by atomic mass is 16.5. The number of hydrogen-bond donors (Lipinski definition) is 1. The quantitative estimate of drug-likeness (QED) is 0.510. The van der Waals surface area contributed by atoms with Gasteiger partial charge in [0.25, 0.3) is 0 Å². The minimum Gasteiger partial charge on any atom is -0.469 e. The summed E-state index contributed by atoms with van der Waals surface area (Å²) in [5.41, 5.74) is 0. The molecule has 0 aliphatic rings. The van der Waals surface area contributed by atoms with Gasteiger partial charge in [-0.05, 0) is 13.3 Å². The third kappa shape index (κ3) is 4.88. The Bertz CT molecular complexity index is 145. The van der Waals surface area contributed by atoms with Gasteiger partial charge in [0, 0.05) is 0 Å². The van der Waals surface area contributed by atoms with Crippen LogP contribution in [-0.2, 0) is 9.53 Å². The molecular weight excluding hydrogens is 168 g/mol. The highest BCUT2D eigenvalue weighted by Gasteiger charge is 2.21. The van der Waals surface area contributed by atoms with Crippen LogP contribution in [0.15, 0.2) is 0 Å². The van der Waals surface area contributed by atoms with Gasteiger partial charge in [0.2, 0.25) is 0 Å². The second-order valence-corrected chi connectivity index (χ2v) is 3.37. The molecule has 0 saturated heterocycles. The van der Waals surface area contributed by atoms with Crippen molar-refractivity contribution in [2.75, 3.05) is 7.11 Å². The Hall–Kier alpha value is -0.570. The minimum atomic E-state index is -0.556. The predicted molar refractivity (Wildman–Crippen MR) is 51.3 cm³/mol. The van der Waals surface area contributed by atoms with Crippen LogP contribution in [-0.4, -0.2) is 24.3 Å². The topological polar surface area (TPSA) is 46.5 Å². The molecule has 0 unspecified atom stereocenters. The number of hydrogen-bond acceptors (Lipinski definition) is 3. The van der Waals surface area contributed by atoms with E-state index in [1.807, 2.05) is 0 Å². The molecule has 3 nitrogen and oxygen atoms in total. The third-order valence-electron chi connectivity index (χ3n) is 2.25. The molecule has 1 N–H and O–H groups in total. The van der Waals surface area contributed by atoms with Crippen LogP contribution >= 0.6 is 0 Å². The van der Waals surface area contributed by atoms with Crippen LogP contribution in [0.1, 0.15) is 39.5 Å². The van der Waals surface area contributed by atoms with Gasteiger partial charge in [-0.1, -0.05) is 26.2 Å². The molecule has 0 aromatic rings. The maximum Gasteiger partial charge on any atom is 0.311 e. The molecule has 3 heteroatoms. The maximum atomic E-state index is 11.0. The molecule has 78 valence electrons. The van der Waals surface area contributed by atoms with Gasteiger partial charge in [-0.15, -0.1) is 0 Å². The lowest BCUT2D eigenvalue weighted by molar-refractivity contribution is -0.148. The fraction of sp³-hybridized carbons (Fsp3) is 0.900. The summed E-state index contributed by atoms with van der Waals surface area (Å²) < 4.78 is 4.54. The average Bonchev–Trinajstić information content (AvgIpc) is 2.15. The summed E-state index contributed by atoms with van der Waals surface area (Å²) in [4.78, 5) is 11.0. The second-order valence-electron chi connectivity index (χ2n) is 3.37. The standard InChI is InChI=1S/C10H20O3/c1-4-5-6-7-9(11)8(2)10(12)13-3/h8-9,11H,4-7H2,1-3H3/t8-,9+/m0/s1. The number of aliphatic hydroxyl groups is 1. The van der Waals surface area contributed by atoms with Gasteiger partial charge in [-0.3, -0.25) is 4.79 Å². The van der Waals surface area contributed by atoms with Gasteiger partial charge in [-0.25, -0.2) is 0 Å². The average molecular weight is 188 g/mol. The minimum absolute atomic E-state index is 0.330. The van der Waals surface area contributed by atoms with Crippen LogP contribution in [0.2, 0.25) is 0 Å². The van der Waals surface area contributed by atoms with Crippen molar-refractivity contribution in [2.24, 2.45) is 5.92 Å². The van der Waals surface area contributed by atoms with Crippen LogP contribution in [0.3, 0.4) is 0 Å². The maximum absolute atomic E-state index is 11.0. The lowest BCUT2D eigenvalue weighted by Crippen LogP contribution is -2.26. The summed E-state index contributed by atoms with van der Waals surface area (Å²) >= 11 is 0. The number of esters is 1. The monoisotopic (exact) mass is 188 g/mol. The van der Waals surface area contributed by atoms with E-state index in [0.717, 1.165) is 19.3 Å². The SMILES string of the molecule is CCCCC[C@@H](O)[C@H](C)C(=O)OC. The summed E-state index contributed by atoms with van der Waals surface area (Å²) in [7, 11) is 1.34. The van der Waals surface area contributed by atoms with E-state index >= 15 is 0 Å². The van der Waals surface area contributed by atoms with Gasteiger partial charge in [0.05, 0.1) is 19.1 Å². The zero-order chi connectivity index (χ0) is 10.3. The van der Waals surface area contributed by atoms with E-state index in [9.17, 15) is 9.90 Å². The Morgan fingerprint density at radius 1 is 1.46 bits per heavy atom. The van der Waals surface area contributed by atoms with Gasteiger partial charge in [-0.2, -0.15) is 0 Å². The highest BCUT2D eigenvalue weighted by molar-refractivity contribution is 5.72. The molecule has 0 fully saturated rings. The molecule has 2 atom stereocenters. The molecule has 0 heterocycles. The number of carbonyl (C=O) groups excluding carboxylic acids is 1. The Morgan fingerprint density at radius 3 is 2.54 bits per heavy atom. The van der Waals surface area contributed by atoms with Crippen molar-refractivity contribution in [3.05, 3.63) is 0 Å². The van der Waals surface area contributed by atoms with Gasteiger partial charge >= 0.3 is 5.97 Å². The second kappa shape index (κ2) is 6.89. The first-order valence-corrected chi connectivity index (χ1v) is 4.89. The molecule has 0 aliphatic carbocycles. The first kappa shape index (κ1) is 12.4.